The smallest absolute Gasteiger partial charge is 0.231 e. The molecule has 1 unspecified atom stereocenters. The molecule has 1 aliphatic rings. The van der Waals surface area contributed by atoms with Gasteiger partial charge in [-0.2, -0.15) is 0 Å². The SMILES string of the molecule is CN(CC(N)=O)CC1CN(c2ncnc3ccccc23)CCO1. The summed E-state index contributed by atoms with van der Waals surface area (Å²) in [6, 6.07) is 7.99. The quantitative estimate of drug-likeness (QED) is 0.851. The molecule has 7 heteroatoms. The summed E-state index contributed by atoms with van der Waals surface area (Å²) < 4.78 is 5.82. The molecule has 2 heterocycles. The average Bonchev–Trinajstić information content (AvgIpc) is 2.53. The lowest BCUT2D eigenvalue weighted by Gasteiger charge is -2.35. The van der Waals surface area contributed by atoms with E-state index in [0.29, 0.717) is 13.2 Å². The number of amides is 1. The van der Waals surface area contributed by atoms with E-state index in [1.165, 1.54) is 0 Å². The molecule has 1 atom stereocenters. The van der Waals surface area contributed by atoms with E-state index in [1.807, 2.05) is 36.2 Å². The largest absolute Gasteiger partial charge is 0.373 e. The van der Waals surface area contributed by atoms with Crippen molar-refractivity contribution in [2.75, 3.05) is 44.7 Å². The number of hydrogen-bond donors (Lipinski definition) is 1. The third-order valence-electron chi connectivity index (χ3n) is 3.90. The Morgan fingerprint density at radius 2 is 2.26 bits per heavy atom. The maximum absolute atomic E-state index is 11.0. The Labute approximate surface area is 135 Å². The summed E-state index contributed by atoms with van der Waals surface area (Å²) >= 11 is 0. The van der Waals surface area contributed by atoms with Crippen LogP contribution in [-0.4, -0.2) is 66.7 Å². The number of nitrogens with zero attached hydrogens (tertiary/aromatic N) is 4. The number of morpholine rings is 1. The van der Waals surface area contributed by atoms with Gasteiger partial charge in [0.25, 0.3) is 0 Å². The molecule has 1 aromatic carbocycles. The minimum Gasteiger partial charge on any atom is -0.373 e. The molecule has 0 saturated carbocycles. The highest BCUT2D eigenvalue weighted by Crippen LogP contribution is 2.24. The first-order chi connectivity index (χ1) is 11.1. The van der Waals surface area contributed by atoms with E-state index in [2.05, 4.69) is 14.9 Å². The second kappa shape index (κ2) is 6.89. The van der Waals surface area contributed by atoms with E-state index in [-0.39, 0.29) is 18.6 Å². The lowest BCUT2D eigenvalue weighted by Crippen LogP contribution is -2.48. The molecule has 1 saturated heterocycles. The van der Waals surface area contributed by atoms with E-state index in [9.17, 15) is 4.79 Å². The summed E-state index contributed by atoms with van der Waals surface area (Å²) in [5, 5.41) is 1.04. The lowest BCUT2D eigenvalue weighted by atomic mass is 10.2. The third-order valence-corrected chi connectivity index (χ3v) is 3.90. The maximum atomic E-state index is 11.0. The fraction of sp³-hybridized carbons (Fsp3) is 0.438. The van der Waals surface area contributed by atoms with Gasteiger partial charge in [0.1, 0.15) is 12.1 Å². The number of para-hydroxylation sites is 1. The minimum atomic E-state index is -0.332. The fourth-order valence-corrected chi connectivity index (χ4v) is 2.94. The second-order valence-corrected chi connectivity index (χ2v) is 5.82. The molecule has 122 valence electrons. The van der Waals surface area contributed by atoms with Crippen molar-refractivity contribution in [2.45, 2.75) is 6.10 Å². The van der Waals surface area contributed by atoms with Crippen molar-refractivity contribution >= 4 is 22.6 Å². The summed E-state index contributed by atoms with van der Waals surface area (Å²) in [6.45, 7) is 3.04. The fourth-order valence-electron chi connectivity index (χ4n) is 2.94. The Balaban J connectivity index is 1.74. The van der Waals surface area contributed by atoms with Crippen LogP contribution < -0.4 is 10.6 Å². The van der Waals surface area contributed by atoms with Crippen molar-refractivity contribution < 1.29 is 9.53 Å². The molecular weight excluding hydrogens is 294 g/mol. The minimum absolute atomic E-state index is 0.0156. The number of fused-ring (bicyclic) bond motifs is 1. The number of carbonyl (C=O) groups excluding carboxylic acids is 1. The normalized spacial score (nSPS) is 18.5. The first kappa shape index (κ1) is 15.6. The summed E-state index contributed by atoms with van der Waals surface area (Å²) in [6.07, 6.45) is 1.61. The average molecular weight is 315 g/mol. The maximum Gasteiger partial charge on any atom is 0.231 e. The zero-order valence-electron chi connectivity index (χ0n) is 13.2. The van der Waals surface area contributed by atoms with Gasteiger partial charge >= 0.3 is 0 Å². The predicted molar refractivity (Wildman–Crippen MR) is 88.2 cm³/mol. The van der Waals surface area contributed by atoms with Gasteiger partial charge in [-0.25, -0.2) is 9.97 Å². The van der Waals surface area contributed by atoms with Crippen molar-refractivity contribution in [3.63, 3.8) is 0 Å². The predicted octanol–water partition coefficient (Wildman–Crippen LogP) is 0.252. The monoisotopic (exact) mass is 315 g/mol. The number of anilines is 1. The number of ether oxygens (including phenoxy) is 1. The molecule has 0 spiro atoms. The molecule has 2 aromatic rings. The Hall–Kier alpha value is -2.25. The molecule has 0 radical (unpaired) electrons. The van der Waals surface area contributed by atoms with Crippen LogP contribution in [0, 0.1) is 0 Å². The molecular formula is C16H21N5O2. The Morgan fingerprint density at radius 3 is 3.09 bits per heavy atom. The summed E-state index contributed by atoms with van der Waals surface area (Å²) in [4.78, 5) is 23.9. The topological polar surface area (TPSA) is 84.6 Å². The van der Waals surface area contributed by atoms with Gasteiger partial charge in [0, 0.05) is 25.0 Å². The van der Waals surface area contributed by atoms with E-state index >= 15 is 0 Å². The second-order valence-electron chi connectivity index (χ2n) is 5.82. The van der Waals surface area contributed by atoms with Crippen LogP contribution in [0.2, 0.25) is 0 Å². The summed E-state index contributed by atoms with van der Waals surface area (Å²) in [5.74, 6) is 0.600. The van der Waals surface area contributed by atoms with Gasteiger partial charge in [-0.05, 0) is 19.2 Å². The van der Waals surface area contributed by atoms with Crippen LogP contribution in [0.15, 0.2) is 30.6 Å². The van der Waals surface area contributed by atoms with Crippen LogP contribution in [-0.2, 0) is 9.53 Å². The molecule has 1 fully saturated rings. The van der Waals surface area contributed by atoms with Gasteiger partial charge in [-0.3, -0.25) is 9.69 Å². The number of carbonyl (C=O) groups is 1. The summed E-state index contributed by atoms with van der Waals surface area (Å²) in [5.41, 5.74) is 6.17. The molecule has 1 aliphatic heterocycles. The third kappa shape index (κ3) is 3.75. The van der Waals surface area contributed by atoms with E-state index < -0.39 is 0 Å². The van der Waals surface area contributed by atoms with Crippen LogP contribution in [0.4, 0.5) is 5.82 Å². The molecule has 23 heavy (non-hydrogen) atoms. The zero-order chi connectivity index (χ0) is 16.2. The molecule has 1 aromatic heterocycles. The Morgan fingerprint density at radius 1 is 1.43 bits per heavy atom. The van der Waals surface area contributed by atoms with E-state index in [4.69, 9.17) is 10.5 Å². The first-order valence-corrected chi connectivity index (χ1v) is 7.66. The van der Waals surface area contributed by atoms with Crippen molar-refractivity contribution in [3.05, 3.63) is 30.6 Å². The number of aromatic nitrogens is 2. The summed E-state index contributed by atoms with van der Waals surface area (Å²) in [7, 11) is 1.87. The van der Waals surface area contributed by atoms with Crippen LogP contribution in [0.1, 0.15) is 0 Å². The number of likely N-dealkylation sites (N-methyl/N-ethyl adjacent to an activating group) is 1. The molecule has 0 aliphatic carbocycles. The zero-order valence-corrected chi connectivity index (χ0v) is 13.2. The molecule has 1 amide bonds. The van der Waals surface area contributed by atoms with Gasteiger partial charge < -0.3 is 15.4 Å². The lowest BCUT2D eigenvalue weighted by molar-refractivity contribution is -0.119. The Kier molecular flexibility index (Phi) is 4.68. The number of benzene rings is 1. The first-order valence-electron chi connectivity index (χ1n) is 7.66. The molecule has 7 nitrogen and oxygen atoms in total. The number of rotatable bonds is 5. The van der Waals surface area contributed by atoms with Crippen LogP contribution in [0.25, 0.3) is 10.9 Å². The number of nitrogens with two attached hydrogens (primary N) is 1. The van der Waals surface area contributed by atoms with Gasteiger partial charge in [0.2, 0.25) is 5.91 Å². The van der Waals surface area contributed by atoms with Crippen LogP contribution in [0.5, 0.6) is 0 Å². The molecule has 3 rings (SSSR count). The van der Waals surface area contributed by atoms with Crippen molar-refractivity contribution in [3.8, 4) is 0 Å². The highest BCUT2D eigenvalue weighted by molar-refractivity contribution is 5.89. The highest BCUT2D eigenvalue weighted by atomic mass is 16.5. The molecule has 2 N–H and O–H groups in total. The van der Waals surface area contributed by atoms with Gasteiger partial charge in [0.15, 0.2) is 0 Å². The van der Waals surface area contributed by atoms with E-state index in [1.54, 1.807) is 6.33 Å². The Bertz CT molecular complexity index is 688. The molecule has 0 bridgehead atoms. The van der Waals surface area contributed by atoms with Crippen molar-refractivity contribution in [1.29, 1.82) is 0 Å². The van der Waals surface area contributed by atoms with Crippen molar-refractivity contribution in [1.82, 2.24) is 14.9 Å². The van der Waals surface area contributed by atoms with Crippen LogP contribution in [0.3, 0.4) is 0 Å². The van der Waals surface area contributed by atoms with Gasteiger partial charge in [-0.15, -0.1) is 0 Å². The van der Waals surface area contributed by atoms with Crippen molar-refractivity contribution in [2.24, 2.45) is 5.73 Å². The van der Waals surface area contributed by atoms with Gasteiger partial charge in [-0.1, -0.05) is 12.1 Å². The van der Waals surface area contributed by atoms with Gasteiger partial charge in [0.05, 0.1) is 24.8 Å². The highest BCUT2D eigenvalue weighted by Gasteiger charge is 2.24. The standard InChI is InChI=1S/C16H21N5O2/c1-20(10-15(17)22)8-12-9-21(6-7-23-12)16-13-4-2-3-5-14(13)18-11-19-16/h2-5,11-12H,6-10H2,1H3,(H2,17,22). The number of hydrogen-bond acceptors (Lipinski definition) is 6. The van der Waals surface area contributed by atoms with E-state index in [0.717, 1.165) is 29.8 Å². The van der Waals surface area contributed by atoms with Crippen LogP contribution >= 0.6 is 0 Å². The number of primary amides is 1.